The Balaban J connectivity index is 1.55. The van der Waals surface area contributed by atoms with Gasteiger partial charge in [0.2, 0.25) is 5.91 Å². The second-order valence-electron chi connectivity index (χ2n) is 8.45. The number of benzene rings is 3. The van der Waals surface area contributed by atoms with E-state index in [9.17, 15) is 21.6 Å². The lowest BCUT2D eigenvalue weighted by atomic mass is 10.2. The van der Waals surface area contributed by atoms with E-state index in [2.05, 4.69) is 15.0 Å². The number of ether oxygens (including phenoxy) is 1. The minimum Gasteiger partial charge on any atom is -0.497 e. The highest BCUT2D eigenvalue weighted by Gasteiger charge is 2.27. The fourth-order valence-corrected chi connectivity index (χ4v) is 6.06. The lowest BCUT2D eigenvalue weighted by Gasteiger charge is -2.24. The maximum Gasteiger partial charge on any atom is 0.264 e. The molecule has 0 saturated heterocycles. The number of carbonyl (C=O) groups is 1. The van der Waals surface area contributed by atoms with Crippen molar-refractivity contribution in [3.63, 3.8) is 0 Å². The summed E-state index contributed by atoms with van der Waals surface area (Å²) in [5.74, 6) is -0.202. The van der Waals surface area contributed by atoms with Crippen LogP contribution >= 0.6 is 0 Å². The van der Waals surface area contributed by atoms with E-state index >= 15 is 0 Å². The molecule has 0 bridgehead atoms. The van der Waals surface area contributed by atoms with Crippen LogP contribution in [0, 0.1) is 6.92 Å². The van der Waals surface area contributed by atoms with E-state index in [1.807, 2.05) is 6.92 Å². The molecule has 0 aliphatic rings. The smallest absolute Gasteiger partial charge is 0.264 e. The number of carbonyl (C=O) groups excluding carboxylic acids is 1. The van der Waals surface area contributed by atoms with Crippen molar-refractivity contribution in [3.05, 3.63) is 103 Å². The topological polar surface area (TPSA) is 135 Å². The number of aromatic nitrogens is 1. The van der Waals surface area contributed by atoms with Gasteiger partial charge in [0.05, 0.1) is 34.5 Å². The van der Waals surface area contributed by atoms with Crippen LogP contribution in [0.15, 0.2) is 107 Å². The molecule has 39 heavy (non-hydrogen) atoms. The molecule has 0 aliphatic heterocycles. The largest absolute Gasteiger partial charge is 0.497 e. The maximum atomic E-state index is 13.6. The monoisotopic (exact) mass is 566 g/mol. The van der Waals surface area contributed by atoms with Crippen LogP contribution in [-0.2, 0) is 24.8 Å². The minimum absolute atomic E-state index is 0.0238. The first-order chi connectivity index (χ1) is 18.6. The molecule has 3 aromatic carbocycles. The van der Waals surface area contributed by atoms with Crippen LogP contribution in [0.3, 0.4) is 0 Å². The number of amides is 1. The molecule has 1 aromatic heterocycles. The molecular weight excluding hydrogens is 540 g/mol. The van der Waals surface area contributed by atoms with Gasteiger partial charge < -0.3 is 10.1 Å². The molecule has 0 unspecified atom stereocenters. The summed E-state index contributed by atoms with van der Waals surface area (Å²) in [7, 11) is -6.53. The highest BCUT2D eigenvalue weighted by atomic mass is 32.2. The SMILES string of the molecule is COc1cccc(N(CC(=O)Nc2ccc(S(=O)(=O)Nc3cccnc3)cc2)S(=O)(=O)c2ccc(C)cc2)c1. The normalized spacial score (nSPS) is 11.4. The van der Waals surface area contributed by atoms with Crippen molar-refractivity contribution in [1.82, 2.24) is 4.98 Å². The maximum absolute atomic E-state index is 13.6. The van der Waals surface area contributed by atoms with E-state index < -0.39 is 32.5 Å². The summed E-state index contributed by atoms with van der Waals surface area (Å²) in [5.41, 5.74) is 1.73. The van der Waals surface area contributed by atoms with Gasteiger partial charge in [0, 0.05) is 18.0 Å². The zero-order valence-electron chi connectivity index (χ0n) is 21.1. The van der Waals surface area contributed by atoms with E-state index in [1.54, 1.807) is 42.5 Å². The van der Waals surface area contributed by atoms with Crippen LogP contribution < -0.4 is 19.1 Å². The Hall–Kier alpha value is -4.42. The van der Waals surface area contributed by atoms with Gasteiger partial charge >= 0.3 is 0 Å². The van der Waals surface area contributed by atoms with Gasteiger partial charge in [-0.2, -0.15) is 0 Å². The molecule has 1 amide bonds. The predicted molar refractivity (Wildman–Crippen MR) is 149 cm³/mol. The lowest BCUT2D eigenvalue weighted by Crippen LogP contribution is -2.38. The molecule has 10 nitrogen and oxygen atoms in total. The predicted octanol–water partition coefficient (Wildman–Crippen LogP) is 4.03. The quantitative estimate of drug-likeness (QED) is 0.296. The molecule has 4 aromatic rings. The molecule has 12 heteroatoms. The first-order valence-electron chi connectivity index (χ1n) is 11.6. The third kappa shape index (κ3) is 6.72. The van der Waals surface area contributed by atoms with Gasteiger partial charge in [-0.3, -0.25) is 18.8 Å². The molecule has 2 N–H and O–H groups in total. The number of rotatable bonds is 10. The van der Waals surface area contributed by atoms with Crippen molar-refractivity contribution in [2.24, 2.45) is 0 Å². The van der Waals surface area contributed by atoms with E-state index in [0.717, 1.165) is 9.87 Å². The molecule has 0 spiro atoms. The Labute approximate surface area is 227 Å². The first-order valence-corrected chi connectivity index (χ1v) is 14.6. The Morgan fingerprint density at radius 3 is 2.21 bits per heavy atom. The lowest BCUT2D eigenvalue weighted by molar-refractivity contribution is -0.114. The Morgan fingerprint density at radius 2 is 1.56 bits per heavy atom. The number of nitrogens with zero attached hydrogens (tertiary/aromatic N) is 2. The summed E-state index contributed by atoms with van der Waals surface area (Å²) in [5, 5.41) is 2.63. The first kappa shape index (κ1) is 27.6. The summed E-state index contributed by atoms with van der Waals surface area (Å²) in [6.45, 7) is 1.31. The van der Waals surface area contributed by atoms with Crippen molar-refractivity contribution in [3.8, 4) is 5.75 Å². The van der Waals surface area contributed by atoms with Gasteiger partial charge in [-0.1, -0.05) is 23.8 Å². The van der Waals surface area contributed by atoms with E-state index in [1.165, 1.54) is 62.0 Å². The molecule has 202 valence electrons. The number of pyridine rings is 1. The molecule has 4 rings (SSSR count). The van der Waals surface area contributed by atoms with Crippen LogP contribution in [0.2, 0.25) is 0 Å². The zero-order valence-corrected chi connectivity index (χ0v) is 22.7. The summed E-state index contributed by atoms with van der Waals surface area (Å²) in [6, 6.07) is 21.4. The van der Waals surface area contributed by atoms with Crippen molar-refractivity contribution >= 4 is 43.0 Å². The fraction of sp³-hybridized carbons (Fsp3) is 0.111. The van der Waals surface area contributed by atoms with Gasteiger partial charge in [0.1, 0.15) is 12.3 Å². The standard InChI is InChI=1S/C27H26N4O6S2/c1-20-8-12-26(13-9-20)39(35,36)31(23-6-3-7-24(17-23)37-2)19-27(32)29-21-10-14-25(15-11-21)38(33,34)30-22-5-4-16-28-18-22/h3-18,30H,19H2,1-2H3,(H,29,32). The number of sulfonamides is 2. The number of hydrogen-bond donors (Lipinski definition) is 2. The summed E-state index contributed by atoms with van der Waals surface area (Å²) in [4.78, 5) is 16.9. The average Bonchev–Trinajstić information content (AvgIpc) is 2.92. The van der Waals surface area contributed by atoms with Gasteiger partial charge in [0.25, 0.3) is 20.0 Å². The van der Waals surface area contributed by atoms with E-state index in [4.69, 9.17) is 4.74 Å². The summed E-state index contributed by atoms with van der Waals surface area (Å²) >= 11 is 0. The average molecular weight is 567 g/mol. The molecular formula is C27H26N4O6S2. The number of hydrogen-bond acceptors (Lipinski definition) is 7. The van der Waals surface area contributed by atoms with Gasteiger partial charge in [-0.25, -0.2) is 16.8 Å². The molecule has 0 atom stereocenters. The Bertz CT molecular complexity index is 1660. The molecule has 0 aliphatic carbocycles. The second-order valence-corrected chi connectivity index (χ2v) is 12.0. The highest BCUT2D eigenvalue weighted by Crippen LogP contribution is 2.27. The molecule has 0 fully saturated rings. The van der Waals surface area contributed by atoms with Crippen LogP contribution in [0.25, 0.3) is 0 Å². The number of aryl methyl sites for hydroxylation is 1. The van der Waals surface area contributed by atoms with Crippen LogP contribution in [0.1, 0.15) is 5.56 Å². The van der Waals surface area contributed by atoms with E-state index in [0.29, 0.717) is 17.1 Å². The zero-order chi connectivity index (χ0) is 28.0. The van der Waals surface area contributed by atoms with Gasteiger partial charge in [-0.15, -0.1) is 0 Å². The Morgan fingerprint density at radius 1 is 0.872 bits per heavy atom. The number of nitrogens with one attached hydrogen (secondary N) is 2. The van der Waals surface area contributed by atoms with Crippen molar-refractivity contribution in [2.75, 3.05) is 28.0 Å². The summed E-state index contributed by atoms with van der Waals surface area (Å²) in [6.07, 6.45) is 2.90. The van der Waals surface area contributed by atoms with Crippen molar-refractivity contribution < 1.29 is 26.4 Å². The van der Waals surface area contributed by atoms with Crippen molar-refractivity contribution in [2.45, 2.75) is 16.7 Å². The van der Waals surface area contributed by atoms with Gasteiger partial charge in [0.15, 0.2) is 0 Å². The third-order valence-corrected chi connectivity index (χ3v) is 8.78. The highest BCUT2D eigenvalue weighted by molar-refractivity contribution is 7.93. The minimum atomic E-state index is -4.11. The molecule has 0 radical (unpaired) electrons. The van der Waals surface area contributed by atoms with Crippen LogP contribution in [0.5, 0.6) is 5.75 Å². The fourth-order valence-electron chi connectivity index (χ4n) is 3.60. The van der Waals surface area contributed by atoms with Crippen molar-refractivity contribution in [1.29, 1.82) is 0 Å². The Kier molecular flexibility index (Phi) is 8.17. The van der Waals surface area contributed by atoms with Crippen LogP contribution in [0.4, 0.5) is 17.1 Å². The molecule has 1 heterocycles. The number of methoxy groups -OCH3 is 1. The summed E-state index contributed by atoms with van der Waals surface area (Å²) < 4.78 is 61.1. The van der Waals surface area contributed by atoms with Gasteiger partial charge in [-0.05, 0) is 67.6 Å². The number of anilines is 3. The third-order valence-electron chi connectivity index (χ3n) is 5.60. The second kappa shape index (κ2) is 11.5. The molecule has 0 saturated carbocycles. The van der Waals surface area contributed by atoms with E-state index in [-0.39, 0.29) is 15.5 Å². The van der Waals surface area contributed by atoms with Crippen LogP contribution in [-0.4, -0.2) is 41.4 Å².